The number of ketones is 1. The fraction of sp³-hybridized carbons (Fsp3) is 0.0435. The number of nitrogen functional groups attached to an aromatic ring is 1. The van der Waals surface area contributed by atoms with Crippen LogP contribution in [0.4, 0.5) is 17.1 Å². The summed E-state index contributed by atoms with van der Waals surface area (Å²) in [6.45, 7) is 1.51. The first-order valence-electron chi connectivity index (χ1n) is 9.52. The second-order valence-electron chi connectivity index (χ2n) is 7.06. The van der Waals surface area contributed by atoms with Gasteiger partial charge in [0, 0.05) is 21.9 Å². The molecule has 3 N–H and O–H groups in total. The van der Waals surface area contributed by atoms with Gasteiger partial charge < -0.3 is 7.16 Å². The Balaban J connectivity index is 0.00000204. The molecular weight excluding hydrogens is 451 g/mol. The maximum Gasteiger partial charge on any atom is 1.00 e. The molecule has 162 valence electrons. The number of aromatic nitrogens is 1. The summed E-state index contributed by atoms with van der Waals surface area (Å²) in [5, 5.41) is 8.92. The number of fused-ring (bicyclic) bond motifs is 1. The molecule has 0 aliphatic heterocycles. The standard InChI is InChI=1S/C23H18N4O4S.Na.H/c1-14(28)15-6-8-16(9-7-15)20-11-10-17(13-25-20)26-27-21-12-22(32(29,30)31)18-4-2-3-5-19(18)23(21)24;;/h2-13H,24H2,1H3,(H,29,30,31);;/q;+1;-1. The molecule has 0 aliphatic carbocycles. The minimum absolute atomic E-state index is 0. The van der Waals surface area contributed by atoms with E-state index < -0.39 is 10.1 Å². The van der Waals surface area contributed by atoms with Gasteiger partial charge in [-0.3, -0.25) is 14.3 Å². The predicted octanol–water partition coefficient (Wildman–Crippen LogP) is 2.47. The number of azo groups is 1. The number of nitrogens with zero attached hydrogens (tertiary/aromatic N) is 3. The molecule has 0 saturated heterocycles. The predicted molar refractivity (Wildman–Crippen MR) is 123 cm³/mol. The van der Waals surface area contributed by atoms with Crippen LogP contribution in [-0.4, -0.2) is 23.7 Å². The summed E-state index contributed by atoms with van der Waals surface area (Å²) >= 11 is 0. The van der Waals surface area contributed by atoms with E-state index in [0.29, 0.717) is 27.7 Å². The van der Waals surface area contributed by atoms with Gasteiger partial charge in [-0.2, -0.15) is 8.42 Å². The topological polar surface area (TPSA) is 135 Å². The molecule has 0 atom stereocenters. The number of nitrogens with two attached hydrogens (primary N) is 1. The molecule has 0 amide bonds. The van der Waals surface area contributed by atoms with Crippen LogP contribution >= 0.6 is 0 Å². The van der Waals surface area contributed by atoms with Crippen molar-refractivity contribution in [1.29, 1.82) is 0 Å². The van der Waals surface area contributed by atoms with E-state index in [4.69, 9.17) is 5.73 Å². The molecule has 4 rings (SSSR count). The van der Waals surface area contributed by atoms with Gasteiger partial charge in [0.2, 0.25) is 0 Å². The van der Waals surface area contributed by atoms with Crippen molar-refractivity contribution in [3.05, 3.63) is 78.5 Å². The Morgan fingerprint density at radius 1 is 1.00 bits per heavy atom. The Kier molecular flexibility index (Phi) is 7.41. The summed E-state index contributed by atoms with van der Waals surface area (Å²) < 4.78 is 33.3. The fourth-order valence-electron chi connectivity index (χ4n) is 3.25. The van der Waals surface area contributed by atoms with Crippen LogP contribution in [0.5, 0.6) is 0 Å². The molecule has 3 aromatic carbocycles. The van der Waals surface area contributed by atoms with Gasteiger partial charge in [-0.1, -0.05) is 48.5 Å². The first kappa shape index (κ1) is 24.7. The number of carbonyl (C=O) groups excluding carboxylic acids is 1. The number of pyridine rings is 1. The molecule has 0 aliphatic rings. The third kappa shape index (κ3) is 5.35. The van der Waals surface area contributed by atoms with Crippen molar-refractivity contribution in [2.24, 2.45) is 10.2 Å². The van der Waals surface area contributed by atoms with Gasteiger partial charge in [-0.05, 0) is 25.1 Å². The molecule has 0 bridgehead atoms. The van der Waals surface area contributed by atoms with Crippen molar-refractivity contribution < 1.29 is 48.7 Å². The molecule has 33 heavy (non-hydrogen) atoms. The van der Waals surface area contributed by atoms with Crippen LogP contribution < -0.4 is 35.3 Å². The average Bonchev–Trinajstić information content (AvgIpc) is 2.78. The van der Waals surface area contributed by atoms with Crippen molar-refractivity contribution >= 4 is 43.7 Å². The van der Waals surface area contributed by atoms with Gasteiger partial charge in [0.15, 0.2) is 5.78 Å². The molecular formula is C23H19N4NaO4S. The SMILES string of the molecule is CC(=O)c1ccc(-c2ccc(N=Nc3cc(S(=O)(=O)O)c4ccccc4c3N)cn2)cc1.[H-].[Na+]. The van der Waals surface area contributed by atoms with Crippen molar-refractivity contribution in [1.82, 2.24) is 4.98 Å². The molecule has 0 radical (unpaired) electrons. The quantitative estimate of drug-likeness (QED) is 0.151. The largest absolute Gasteiger partial charge is 1.00 e. The zero-order valence-corrected chi connectivity index (χ0v) is 20.7. The number of Topliss-reactive ketones (excluding diaryl/α,β-unsaturated/α-hetero) is 1. The van der Waals surface area contributed by atoms with Crippen LogP contribution in [0.25, 0.3) is 22.0 Å². The first-order valence-corrected chi connectivity index (χ1v) is 11.0. The van der Waals surface area contributed by atoms with Gasteiger partial charge in [-0.15, -0.1) is 10.2 Å². The second-order valence-corrected chi connectivity index (χ2v) is 8.45. The number of anilines is 1. The van der Waals surface area contributed by atoms with Crippen molar-refractivity contribution in [2.45, 2.75) is 11.8 Å². The second kappa shape index (κ2) is 9.90. The van der Waals surface area contributed by atoms with Crippen molar-refractivity contribution in [2.75, 3.05) is 5.73 Å². The summed E-state index contributed by atoms with van der Waals surface area (Å²) in [6.07, 6.45) is 1.51. The van der Waals surface area contributed by atoms with Gasteiger partial charge in [0.05, 0.1) is 17.6 Å². The number of carbonyl (C=O) groups is 1. The van der Waals surface area contributed by atoms with E-state index in [9.17, 15) is 17.8 Å². The van der Waals surface area contributed by atoms with Crippen LogP contribution in [0.3, 0.4) is 0 Å². The zero-order chi connectivity index (χ0) is 22.9. The number of hydrogen-bond acceptors (Lipinski definition) is 7. The Bertz CT molecular complexity index is 1480. The van der Waals surface area contributed by atoms with Gasteiger partial charge in [0.25, 0.3) is 10.1 Å². The van der Waals surface area contributed by atoms with E-state index in [1.165, 1.54) is 19.2 Å². The van der Waals surface area contributed by atoms with E-state index in [1.54, 1.807) is 48.5 Å². The van der Waals surface area contributed by atoms with Crippen LogP contribution in [0.2, 0.25) is 0 Å². The van der Waals surface area contributed by atoms with Crippen molar-refractivity contribution in [3.63, 3.8) is 0 Å². The summed E-state index contributed by atoms with van der Waals surface area (Å²) in [4.78, 5) is 15.5. The van der Waals surface area contributed by atoms with Crippen LogP contribution in [-0.2, 0) is 10.1 Å². The maximum absolute atomic E-state index is 11.8. The molecule has 0 saturated carbocycles. The summed E-state index contributed by atoms with van der Waals surface area (Å²) in [6, 6.07) is 18.3. The molecule has 4 aromatic rings. The zero-order valence-electron chi connectivity index (χ0n) is 18.9. The number of benzene rings is 3. The summed E-state index contributed by atoms with van der Waals surface area (Å²) in [5.74, 6) is -0.00890. The van der Waals surface area contributed by atoms with E-state index in [0.717, 1.165) is 5.56 Å². The summed E-state index contributed by atoms with van der Waals surface area (Å²) in [5.41, 5.74) is 9.10. The molecule has 0 spiro atoms. The Labute approximate surface area is 214 Å². The van der Waals surface area contributed by atoms with E-state index in [2.05, 4.69) is 15.2 Å². The molecule has 0 unspecified atom stereocenters. The molecule has 10 heteroatoms. The smallest absolute Gasteiger partial charge is 1.00 e. The normalized spacial score (nSPS) is 11.5. The van der Waals surface area contributed by atoms with E-state index in [1.807, 2.05) is 12.1 Å². The van der Waals surface area contributed by atoms with Gasteiger partial charge in [0.1, 0.15) is 16.3 Å². The maximum atomic E-state index is 11.8. The van der Waals surface area contributed by atoms with Gasteiger partial charge >= 0.3 is 29.6 Å². The molecule has 1 heterocycles. The Hall–Kier alpha value is -2.95. The van der Waals surface area contributed by atoms with Crippen LogP contribution in [0, 0.1) is 0 Å². The Morgan fingerprint density at radius 2 is 1.67 bits per heavy atom. The van der Waals surface area contributed by atoms with Crippen LogP contribution in [0.15, 0.2) is 88.1 Å². The third-order valence-electron chi connectivity index (χ3n) is 4.91. The molecule has 1 aromatic heterocycles. The monoisotopic (exact) mass is 470 g/mol. The average molecular weight is 470 g/mol. The minimum atomic E-state index is -4.49. The van der Waals surface area contributed by atoms with Gasteiger partial charge in [-0.25, -0.2) is 0 Å². The van der Waals surface area contributed by atoms with E-state index in [-0.39, 0.29) is 53.0 Å². The van der Waals surface area contributed by atoms with Crippen molar-refractivity contribution in [3.8, 4) is 11.3 Å². The fourth-order valence-corrected chi connectivity index (χ4v) is 3.97. The third-order valence-corrected chi connectivity index (χ3v) is 5.81. The Morgan fingerprint density at radius 3 is 2.24 bits per heavy atom. The first-order chi connectivity index (χ1) is 15.2. The molecule has 8 nitrogen and oxygen atoms in total. The minimum Gasteiger partial charge on any atom is -1.00 e. The van der Waals surface area contributed by atoms with E-state index >= 15 is 0 Å². The number of rotatable bonds is 5. The van der Waals surface area contributed by atoms with Crippen LogP contribution in [0.1, 0.15) is 18.7 Å². The summed E-state index contributed by atoms with van der Waals surface area (Å²) in [7, 11) is -4.49. The number of hydrogen-bond donors (Lipinski definition) is 2. The molecule has 0 fully saturated rings.